The molecular weight excluding hydrogens is 334 g/mol. The molecule has 2 heterocycles. The minimum absolute atomic E-state index is 0.379. The second-order valence-electron chi connectivity index (χ2n) is 6.61. The van der Waals surface area contributed by atoms with Crippen molar-refractivity contribution in [3.8, 4) is 0 Å². The lowest BCUT2D eigenvalue weighted by molar-refractivity contribution is 0.198. The van der Waals surface area contributed by atoms with Crippen LogP contribution in [-0.2, 0) is 6.42 Å². The summed E-state index contributed by atoms with van der Waals surface area (Å²) in [4.78, 5) is 9.39. The lowest BCUT2D eigenvalue weighted by Crippen LogP contribution is -2.45. The maximum atomic E-state index is 5.27. The molecule has 0 saturated carbocycles. The fourth-order valence-corrected chi connectivity index (χ4v) is 3.40. The molecule has 1 aliphatic rings. The van der Waals surface area contributed by atoms with Crippen molar-refractivity contribution in [1.82, 2.24) is 20.2 Å². The van der Waals surface area contributed by atoms with Gasteiger partial charge in [0.2, 0.25) is 0 Å². The quantitative estimate of drug-likeness (QED) is 0.652. The summed E-state index contributed by atoms with van der Waals surface area (Å²) in [5, 5.41) is 3.43. The van der Waals surface area contributed by atoms with E-state index in [1.54, 1.807) is 6.33 Å². The van der Waals surface area contributed by atoms with E-state index in [1.807, 2.05) is 6.20 Å². The number of nitrogens with two attached hydrogens (primary N) is 1. The van der Waals surface area contributed by atoms with E-state index in [0.29, 0.717) is 12.6 Å². The fourth-order valence-electron chi connectivity index (χ4n) is 3.40. The Bertz CT molecular complexity index is 697. The summed E-state index contributed by atoms with van der Waals surface area (Å²) in [5.74, 6) is 0. The summed E-state index contributed by atoms with van der Waals surface area (Å²) < 4.78 is 0. The highest BCUT2D eigenvalue weighted by atomic mass is 15.2. The molecule has 3 aromatic rings. The molecule has 1 fully saturated rings. The van der Waals surface area contributed by atoms with Crippen molar-refractivity contribution in [2.24, 2.45) is 5.73 Å². The largest absolute Gasteiger partial charge is 0.351 e. The molecule has 0 radical (unpaired) electrons. The maximum absolute atomic E-state index is 5.27. The smallest absolute Gasteiger partial charge is 0.0923 e. The summed E-state index contributed by atoms with van der Waals surface area (Å²) in [5.41, 5.74) is 9.07. The van der Waals surface area contributed by atoms with Crippen molar-refractivity contribution in [2.45, 2.75) is 12.5 Å². The van der Waals surface area contributed by atoms with Crippen molar-refractivity contribution in [3.63, 3.8) is 0 Å². The normalized spacial score (nSPS) is 14.6. The molecule has 4 rings (SSSR count). The Morgan fingerprint density at radius 1 is 0.926 bits per heavy atom. The van der Waals surface area contributed by atoms with Gasteiger partial charge in [0.05, 0.1) is 18.1 Å². The van der Waals surface area contributed by atoms with Crippen LogP contribution in [0.5, 0.6) is 0 Å². The van der Waals surface area contributed by atoms with Gasteiger partial charge in [0.15, 0.2) is 0 Å². The summed E-state index contributed by atoms with van der Waals surface area (Å²) in [6.07, 6.45) is 4.38. The van der Waals surface area contributed by atoms with Crippen LogP contribution in [0.1, 0.15) is 22.9 Å². The van der Waals surface area contributed by atoms with E-state index in [2.05, 4.69) is 80.8 Å². The molecule has 0 amide bonds. The van der Waals surface area contributed by atoms with E-state index in [1.165, 1.54) is 11.1 Å². The SMILES string of the molecule is NCCc1c[nH]cn1.c1ccc(C(c2ccccc2)N2CCNCC2)cc1. The molecule has 5 heteroatoms. The fraction of sp³-hybridized carbons (Fsp3) is 0.318. The highest BCUT2D eigenvalue weighted by molar-refractivity contribution is 5.31. The molecule has 5 nitrogen and oxygen atoms in total. The predicted molar refractivity (Wildman–Crippen MR) is 111 cm³/mol. The average molecular weight is 364 g/mol. The van der Waals surface area contributed by atoms with E-state index in [0.717, 1.165) is 38.3 Å². The number of benzene rings is 2. The van der Waals surface area contributed by atoms with Crippen LogP contribution in [0.3, 0.4) is 0 Å². The molecule has 2 aromatic carbocycles. The van der Waals surface area contributed by atoms with Gasteiger partial charge in [-0.05, 0) is 17.7 Å². The van der Waals surface area contributed by atoms with E-state index in [-0.39, 0.29) is 0 Å². The van der Waals surface area contributed by atoms with E-state index < -0.39 is 0 Å². The second-order valence-corrected chi connectivity index (χ2v) is 6.61. The monoisotopic (exact) mass is 363 g/mol. The highest BCUT2D eigenvalue weighted by Crippen LogP contribution is 2.28. The van der Waals surface area contributed by atoms with Crippen molar-refractivity contribution in [1.29, 1.82) is 0 Å². The molecule has 27 heavy (non-hydrogen) atoms. The molecule has 1 aromatic heterocycles. The highest BCUT2D eigenvalue weighted by Gasteiger charge is 2.23. The van der Waals surface area contributed by atoms with Gasteiger partial charge in [-0.2, -0.15) is 0 Å². The number of aromatic amines is 1. The number of hydrogen-bond donors (Lipinski definition) is 3. The third-order valence-electron chi connectivity index (χ3n) is 4.70. The molecule has 0 spiro atoms. The number of hydrogen-bond acceptors (Lipinski definition) is 4. The minimum Gasteiger partial charge on any atom is -0.351 e. The van der Waals surface area contributed by atoms with Gasteiger partial charge in [0.25, 0.3) is 0 Å². The van der Waals surface area contributed by atoms with Crippen LogP contribution < -0.4 is 11.1 Å². The van der Waals surface area contributed by atoms with Crippen LogP contribution in [0.2, 0.25) is 0 Å². The summed E-state index contributed by atoms with van der Waals surface area (Å²) in [7, 11) is 0. The Kier molecular flexibility index (Phi) is 7.59. The van der Waals surface area contributed by atoms with Crippen LogP contribution in [0, 0.1) is 0 Å². The Morgan fingerprint density at radius 3 is 2.00 bits per heavy atom. The molecule has 0 bridgehead atoms. The molecule has 0 atom stereocenters. The van der Waals surface area contributed by atoms with Crippen LogP contribution in [-0.4, -0.2) is 47.6 Å². The van der Waals surface area contributed by atoms with Gasteiger partial charge < -0.3 is 16.0 Å². The van der Waals surface area contributed by atoms with Gasteiger partial charge in [-0.25, -0.2) is 4.98 Å². The van der Waals surface area contributed by atoms with Gasteiger partial charge in [0.1, 0.15) is 0 Å². The predicted octanol–water partition coefficient (Wildman–Crippen LogP) is 2.59. The van der Waals surface area contributed by atoms with Crippen LogP contribution in [0.4, 0.5) is 0 Å². The number of H-pyrrole nitrogens is 1. The van der Waals surface area contributed by atoms with Crippen molar-refractivity contribution in [3.05, 3.63) is 90.0 Å². The average Bonchev–Trinajstić information content (AvgIpc) is 3.25. The van der Waals surface area contributed by atoms with Gasteiger partial charge in [-0.15, -0.1) is 0 Å². The number of aromatic nitrogens is 2. The molecular formula is C22H29N5. The Hall–Kier alpha value is -2.47. The molecule has 1 saturated heterocycles. The summed E-state index contributed by atoms with van der Waals surface area (Å²) in [6, 6.07) is 22.0. The standard InChI is InChI=1S/C17H20N2.C5H9N3/c1-3-7-15(8-4-1)17(16-9-5-2-6-10-16)19-13-11-18-12-14-19;6-2-1-5-3-7-4-8-5/h1-10,17-18H,11-14H2;3-4H,1-2,6H2,(H,7,8). The van der Waals surface area contributed by atoms with Gasteiger partial charge >= 0.3 is 0 Å². The lowest BCUT2D eigenvalue weighted by atomic mass is 9.96. The molecule has 4 N–H and O–H groups in total. The van der Waals surface area contributed by atoms with Gasteiger partial charge in [-0.1, -0.05) is 60.7 Å². The molecule has 0 aliphatic carbocycles. The third-order valence-corrected chi connectivity index (χ3v) is 4.70. The Balaban J connectivity index is 0.000000221. The van der Waals surface area contributed by atoms with E-state index in [4.69, 9.17) is 5.73 Å². The first-order valence-corrected chi connectivity index (χ1v) is 9.61. The van der Waals surface area contributed by atoms with Crippen molar-refractivity contribution >= 4 is 0 Å². The zero-order chi connectivity index (χ0) is 18.7. The van der Waals surface area contributed by atoms with E-state index >= 15 is 0 Å². The molecule has 142 valence electrons. The Labute approximate surface area is 161 Å². The summed E-state index contributed by atoms with van der Waals surface area (Å²) in [6.45, 7) is 5.04. The third kappa shape index (κ3) is 5.76. The van der Waals surface area contributed by atoms with Gasteiger partial charge in [-0.3, -0.25) is 4.90 Å². The van der Waals surface area contributed by atoms with E-state index in [9.17, 15) is 0 Å². The maximum Gasteiger partial charge on any atom is 0.0923 e. The van der Waals surface area contributed by atoms with Gasteiger partial charge in [0, 0.05) is 38.8 Å². The van der Waals surface area contributed by atoms with Crippen molar-refractivity contribution < 1.29 is 0 Å². The number of rotatable bonds is 5. The first-order chi connectivity index (χ1) is 13.4. The number of nitrogens with one attached hydrogen (secondary N) is 2. The molecule has 0 unspecified atom stereocenters. The second kappa shape index (κ2) is 10.6. The van der Waals surface area contributed by atoms with Crippen LogP contribution in [0.25, 0.3) is 0 Å². The lowest BCUT2D eigenvalue weighted by Gasteiger charge is -2.35. The first-order valence-electron chi connectivity index (χ1n) is 9.61. The van der Waals surface area contributed by atoms with Crippen molar-refractivity contribution in [2.75, 3.05) is 32.7 Å². The number of imidazole rings is 1. The van der Waals surface area contributed by atoms with Crippen LogP contribution >= 0.6 is 0 Å². The Morgan fingerprint density at radius 2 is 1.52 bits per heavy atom. The molecule has 1 aliphatic heterocycles. The minimum atomic E-state index is 0.379. The zero-order valence-corrected chi connectivity index (χ0v) is 15.7. The number of nitrogens with zero attached hydrogens (tertiary/aromatic N) is 2. The topological polar surface area (TPSA) is 70.0 Å². The first kappa shape index (κ1) is 19.3. The number of piperazine rings is 1. The van der Waals surface area contributed by atoms with Crippen LogP contribution in [0.15, 0.2) is 73.2 Å². The zero-order valence-electron chi connectivity index (χ0n) is 15.7. The summed E-state index contributed by atoms with van der Waals surface area (Å²) >= 11 is 0.